The molecule has 0 atom stereocenters. The standard InChI is InChI=1S/C13H17N5OS/c1-8(2)12-15-6-10(18-14)11(17-12)13(19)16-5-9-3-4-20-7-9/h3-4,6-8,18H,5,14H2,1-2H3,(H,16,19). The number of nitrogens with zero attached hydrogens (tertiary/aromatic N) is 2. The van der Waals surface area contributed by atoms with Crippen LogP contribution in [-0.2, 0) is 6.54 Å². The minimum absolute atomic E-state index is 0.144. The lowest BCUT2D eigenvalue weighted by Crippen LogP contribution is -2.26. The molecule has 0 fully saturated rings. The van der Waals surface area contributed by atoms with Gasteiger partial charge in [-0.15, -0.1) is 0 Å². The molecule has 7 heteroatoms. The van der Waals surface area contributed by atoms with Crippen molar-refractivity contribution in [2.24, 2.45) is 5.84 Å². The predicted molar refractivity (Wildman–Crippen MR) is 79.4 cm³/mol. The van der Waals surface area contributed by atoms with Crippen LogP contribution < -0.4 is 16.6 Å². The Kier molecular flexibility index (Phi) is 4.65. The molecule has 2 aromatic rings. The zero-order valence-corrected chi connectivity index (χ0v) is 12.2. The molecule has 0 aliphatic heterocycles. The van der Waals surface area contributed by atoms with Crippen LogP contribution in [0.4, 0.5) is 5.69 Å². The number of rotatable bonds is 5. The third kappa shape index (κ3) is 3.31. The first-order valence-corrected chi connectivity index (χ1v) is 7.19. The van der Waals surface area contributed by atoms with Crippen LogP contribution in [0.15, 0.2) is 23.0 Å². The molecule has 0 radical (unpaired) electrons. The maximum atomic E-state index is 12.2. The Labute approximate surface area is 121 Å². The first-order chi connectivity index (χ1) is 9.61. The summed E-state index contributed by atoms with van der Waals surface area (Å²) in [6.07, 6.45) is 1.53. The summed E-state index contributed by atoms with van der Waals surface area (Å²) < 4.78 is 0. The van der Waals surface area contributed by atoms with Gasteiger partial charge in [0.2, 0.25) is 0 Å². The van der Waals surface area contributed by atoms with Gasteiger partial charge < -0.3 is 10.7 Å². The van der Waals surface area contributed by atoms with Crippen LogP contribution in [0.1, 0.15) is 41.6 Å². The SMILES string of the molecule is CC(C)c1ncc(NN)c(C(=O)NCc2ccsc2)n1. The van der Waals surface area contributed by atoms with E-state index in [1.807, 2.05) is 30.7 Å². The summed E-state index contributed by atoms with van der Waals surface area (Å²) in [5.74, 6) is 5.89. The highest BCUT2D eigenvalue weighted by Gasteiger charge is 2.16. The molecule has 20 heavy (non-hydrogen) atoms. The summed E-state index contributed by atoms with van der Waals surface area (Å²) >= 11 is 1.59. The van der Waals surface area contributed by atoms with Crippen molar-refractivity contribution in [3.63, 3.8) is 0 Å². The number of nitrogen functional groups attached to an aromatic ring is 1. The number of anilines is 1. The van der Waals surface area contributed by atoms with Gasteiger partial charge in [0.05, 0.1) is 11.9 Å². The summed E-state index contributed by atoms with van der Waals surface area (Å²) in [6, 6.07) is 1.96. The molecule has 0 aliphatic carbocycles. The van der Waals surface area contributed by atoms with E-state index in [1.165, 1.54) is 6.20 Å². The van der Waals surface area contributed by atoms with Crippen molar-refractivity contribution in [2.45, 2.75) is 26.3 Å². The highest BCUT2D eigenvalue weighted by molar-refractivity contribution is 7.07. The third-order valence-electron chi connectivity index (χ3n) is 2.73. The molecule has 0 aliphatic rings. The minimum atomic E-state index is -0.270. The number of carbonyl (C=O) groups is 1. The fraction of sp³-hybridized carbons (Fsp3) is 0.308. The van der Waals surface area contributed by atoms with Crippen LogP contribution >= 0.6 is 11.3 Å². The van der Waals surface area contributed by atoms with Gasteiger partial charge in [-0.3, -0.25) is 10.6 Å². The van der Waals surface area contributed by atoms with Gasteiger partial charge in [-0.05, 0) is 22.4 Å². The normalized spacial score (nSPS) is 10.6. The van der Waals surface area contributed by atoms with Crippen LogP contribution in [0.25, 0.3) is 0 Å². The van der Waals surface area contributed by atoms with Gasteiger partial charge >= 0.3 is 0 Å². The summed E-state index contributed by atoms with van der Waals surface area (Å²) in [5, 5.41) is 6.78. The fourth-order valence-electron chi connectivity index (χ4n) is 1.61. The lowest BCUT2D eigenvalue weighted by Gasteiger charge is -2.11. The second kappa shape index (κ2) is 6.44. The molecule has 2 heterocycles. The van der Waals surface area contributed by atoms with Gasteiger partial charge in [-0.1, -0.05) is 13.8 Å². The van der Waals surface area contributed by atoms with E-state index in [9.17, 15) is 4.79 Å². The van der Waals surface area contributed by atoms with E-state index in [2.05, 4.69) is 20.7 Å². The van der Waals surface area contributed by atoms with Crippen LogP contribution in [0, 0.1) is 0 Å². The third-order valence-corrected chi connectivity index (χ3v) is 3.46. The van der Waals surface area contributed by atoms with Crippen molar-refractivity contribution in [2.75, 3.05) is 5.43 Å². The fourth-order valence-corrected chi connectivity index (χ4v) is 2.28. The summed E-state index contributed by atoms with van der Waals surface area (Å²) in [7, 11) is 0. The average Bonchev–Trinajstić information content (AvgIpc) is 2.97. The van der Waals surface area contributed by atoms with E-state index in [1.54, 1.807) is 11.3 Å². The topological polar surface area (TPSA) is 92.9 Å². The van der Waals surface area contributed by atoms with Gasteiger partial charge in [-0.2, -0.15) is 11.3 Å². The smallest absolute Gasteiger partial charge is 0.272 e. The monoisotopic (exact) mass is 291 g/mol. The van der Waals surface area contributed by atoms with Crippen molar-refractivity contribution in [3.8, 4) is 0 Å². The van der Waals surface area contributed by atoms with Gasteiger partial charge in [-0.25, -0.2) is 9.97 Å². The Bertz CT molecular complexity index is 582. The van der Waals surface area contributed by atoms with Crippen molar-refractivity contribution in [3.05, 3.63) is 40.1 Å². The lowest BCUT2D eigenvalue weighted by atomic mass is 10.2. The Balaban J connectivity index is 2.16. The molecule has 2 rings (SSSR count). The summed E-state index contributed by atoms with van der Waals surface area (Å²) in [6.45, 7) is 4.41. The number of aromatic nitrogens is 2. The first-order valence-electron chi connectivity index (χ1n) is 6.24. The van der Waals surface area contributed by atoms with Crippen LogP contribution in [0.5, 0.6) is 0 Å². The largest absolute Gasteiger partial charge is 0.347 e. The predicted octanol–water partition coefficient (Wildman–Crippen LogP) is 1.88. The molecule has 0 unspecified atom stereocenters. The van der Waals surface area contributed by atoms with Crippen molar-refractivity contribution in [1.29, 1.82) is 0 Å². The van der Waals surface area contributed by atoms with Crippen molar-refractivity contribution in [1.82, 2.24) is 15.3 Å². The van der Waals surface area contributed by atoms with E-state index in [-0.39, 0.29) is 17.5 Å². The number of carbonyl (C=O) groups excluding carboxylic acids is 1. The second-order valence-corrected chi connectivity index (χ2v) is 5.38. The number of hydrazine groups is 1. The number of nitrogens with one attached hydrogen (secondary N) is 2. The molecule has 4 N–H and O–H groups in total. The summed E-state index contributed by atoms with van der Waals surface area (Å²) in [4.78, 5) is 20.7. The number of hydrogen-bond acceptors (Lipinski definition) is 6. The molecular weight excluding hydrogens is 274 g/mol. The molecule has 0 spiro atoms. The second-order valence-electron chi connectivity index (χ2n) is 4.60. The molecule has 6 nitrogen and oxygen atoms in total. The zero-order chi connectivity index (χ0) is 14.5. The van der Waals surface area contributed by atoms with E-state index in [0.717, 1.165) is 5.56 Å². The number of nitrogens with two attached hydrogens (primary N) is 1. The molecule has 0 bridgehead atoms. The summed E-state index contributed by atoms with van der Waals surface area (Å²) in [5.41, 5.74) is 4.19. The van der Waals surface area contributed by atoms with E-state index in [0.29, 0.717) is 18.1 Å². The van der Waals surface area contributed by atoms with Gasteiger partial charge in [0.1, 0.15) is 5.82 Å². The van der Waals surface area contributed by atoms with Gasteiger partial charge in [0, 0.05) is 12.5 Å². The van der Waals surface area contributed by atoms with Gasteiger partial charge in [0.25, 0.3) is 5.91 Å². The Morgan fingerprint density at radius 1 is 1.50 bits per heavy atom. The minimum Gasteiger partial charge on any atom is -0.347 e. The van der Waals surface area contributed by atoms with Crippen molar-refractivity contribution < 1.29 is 4.79 Å². The molecule has 0 saturated heterocycles. The lowest BCUT2D eigenvalue weighted by molar-refractivity contribution is 0.0946. The Hall–Kier alpha value is -1.99. The maximum Gasteiger partial charge on any atom is 0.272 e. The zero-order valence-electron chi connectivity index (χ0n) is 11.4. The first kappa shape index (κ1) is 14.4. The van der Waals surface area contributed by atoms with Crippen molar-refractivity contribution >= 4 is 22.9 Å². The number of amides is 1. The molecule has 0 aromatic carbocycles. The van der Waals surface area contributed by atoms with E-state index >= 15 is 0 Å². The Morgan fingerprint density at radius 2 is 2.30 bits per heavy atom. The van der Waals surface area contributed by atoms with E-state index < -0.39 is 0 Å². The molecule has 1 amide bonds. The van der Waals surface area contributed by atoms with Crippen LogP contribution in [0.2, 0.25) is 0 Å². The Morgan fingerprint density at radius 3 is 2.90 bits per heavy atom. The van der Waals surface area contributed by atoms with E-state index in [4.69, 9.17) is 5.84 Å². The highest BCUT2D eigenvalue weighted by Crippen LogP contribution is 2.15. The van der Waals surface area contributed by atoms with Crippen LogP contribution in [-0.4, -0.2) is 15.9 Å². The molecule has 2 aromatic heterocycles. The molecular formula is C13H17N5OS. The number of thiophene rings is 1. The number of hydrogen-bond donors (Lipinski definition) is 3. The highest BCUT2D eigenvalue weighted by atomic mass is 32.1. The molecule has 106 valence electrons. The maximum absolute atomic E-state index is 12.2. The average molecular weight is 291 g/mol. The molecule has 0 saturated carbocycles. The quantitative estimate of drug-likeness (QED) is 0.577. The van der Waals surface area contributed by atoms with Gasteiger partial charge in [0.15, 0.2) is 5.69 Å². The van der Waals surface area contributed by atoms with Crippen LogP contribution in [0.3, 0.4) is 0 Å².